The second-order valence-corrected chi connectivity index (χ2v) is 4.96. The fraction of sp³-hybridized carbons (Fsp3) is 0.125. The van der Waals surface area contributed by atoms with Crippen molar-refractivity contribution >= 4 is 23.7 Å². The Morgan fingerprint density at radius 2 is 2.00 bits per heavy atom. The summed E-state index contributed by atoms with van der Waals surface area (Å²) in [7, 11) is 0. The van der Waals surface area contributed by atoms with E-state index >= 15 is 0 Å². The summed E-state index contributed by atoms with van der Waals surface area (Å²) in [6.07, 6.45) is 1.39. The molecule has 7 heteroatoms. The van der Waals surface area contributed by atoms with Crippen molar-refractivity contribution in [2.75, 3.05) is 6.61 Å². The number of nitrogens with zero attached hydrogens (tertiary/aromatic N) is 1. The van der Waals surface area contributed by atoms with Crippen molar-refractivity contribution in [3.05, 3.63) is 52.5 Å². The zero-order valence-corrected chi connectivity index (χ0v) is 13.0. The highest BCUT2D eigenvalue weighted by Crippen LogP contribution is 2.26. The van der Waals surface area contributed by atoms with Crippen LogP contribution in [0.2, 0.25) is 5.02 Å². The van der Waals surface area contributed by atoms with E-state index in [0.717, 1.165) is 0 Å². The lowest BCUT2D eigenvalue weighted by Gasteiger charge is -2.06. The van der Waals surface area contributed by atoms with Crippen molar-refractivity contribution in [1.29, 1.82) is 0 Å². The van der Waals surface area contributed by atoms with E-state index in [-0.39, 0.29) is 17.1 Å². The van der Waals surface area contributed by atoms with Crippen molar-refractivity contribution in [3.8, 4) is 17.2 Å². The third-order valence-electron chi connectivity index (χ3n) is 2.87. The Balaban J connectivity index is 2.08. The number of aromatic hydroxyl groups is 2. The molecule has 120 valence electrons. The van der Waals surface area contributed by atoms with E-state index in [1.807, 2.05) is 0 Å². The van der Waals surface area contributed by atoms with Crippen LogP contribution in [0.1, 0.15) is 22.8 Å². The molecule has 0 aliphatic carbocycles. The number of nitrogens with one attached hydrogen (secondary N) is 1. The predicted octanol–water partition coefficient (Wildman–Crippen LogP) is 2.91. The van der Waals surface area contributed by atoms with E-state index in [4.69, 9.17) is 16.3 Å². The van der Waals surface area contributed by atoms with Crippen molar-refractivity contribution in [1.82, 2.24) is 5.43 Å². The van der Waals surface area contributed by atoms with E-state index in [1.165, 1.54) is 30.5 Å². The molecule has 0 atom stereocenters. The van der Waals surface area contributed by atoms with Crippen LogP contribution in [0.25, 0.3) is 0 Å². The van der Waals surface area contributed by atoms with Gasteiger partial charge in [-0.3, -0.25) is 4.79 Å². The van der Waals surface area contributed by atoms with E-state index in [1.54, 1.807) is 19.1 Å². The van der Waals surface area contributed by atoms with E-state index < -0.39 is 5.91 Å². The Labute approximate surface area is 138 Å². The van der Waals surface area contributed by atoms with Crippen molar-refractivity contribution < 1.29 is 19.7 Å². The number of hydrogen-bond acceptors (Lipinski definition) is 5. The molecule has 0 saturated heterocycles. The summed E-state index contributed by atoms with van der Waals surface area (Å²) in [4.78, 5) is 11.9. The second-order valence-electron chi connectivity index (χ2n) is 4.52. The Bertz CT molecular complexity index is 747. The lowest BCUT2D eigenvalue weighted by molar-refractivity contribution is 0.0952. The lowest BCUT2D eigenvalue weighted by Crippen LogP contribution is -2.17. The molecule has 0 saturated carbocycles. The Hall–Kier alpha value is -2.73. The van der Waals surface area contributed by atoms with Crippen LogP contribution >= 0.6 is 11.6 Å². The van der Waals surface area contributed by atoms with Crippen LogP contribution in [0.3, 0.4) is 0 Å². The van der Waals surface area contributed by atoms with Gasteiger partial charge in [-0.25, -0.2) is 5.43 Å². The molecule has 0 aliphatic rings. The summed E-state index contributed by atoms with van der Waals surface area (Å²) in [5.74, 6) is -0.428. The van der Waals surface area contributed by atoms with Crippen molar-refractivity contribution in [2.24, 2.45) is 5.10 Å². The number of benzene rings is 2. The number of hydrazone groups is 1. The van der Waals surface area contributed by atoms with E-state index in [2.05, 4.69) is 10.5 Å². The maximum Gasteiger partial charge on any atom is 0.275 e. The first kappa shape index (κ1) is 16.6. The molecular weight excluding hydrogens is 320 g/mol. The Morgan fingerprint density at radius 1 is 1.26 bits per heavy atom. The summed E-state index contributed by atoms with van der Waals surface area (Å²) < 4.78 is 5.26. The first-order chi connectivity index (χ1) is 11.0. The minimum atomic E-state index is -0.593. The summed E-state index contributed by atoms with van der Waals surface area (Å²) >= 11 is 5.79. The van der Waals surface area contributed by atoms with Gasteiger partial charge in [-0.1, -0.05) is 11.6 Å². The highest BCUT2D eigenvalue weighted by molar-refractivity contribution is 6.31. The number of phenols is 2. The van der Waals surface area contributed by atoms with Gasteiger partial charge in [-0.15, -0.1) is 0 Å². The van der Waals surface area contributed by atoms with Crippen molar-refractivity contribution in [2.45, 2.75) is 6.92 Å². The maximum absolute atomic E-state index is 11.9. The quantitative estimate of drug-likeness (QED) is 0.579. The molecule has 0 spiro atoms. The molecule has 0 aliphatic heterocycles. The minimum Gasteiger partial charge on any atom is -0.507 e. The maximum atomic E-state index is 11.9. The lowest BCUT2D eigenvalue weighted by atomic mass is 10.2. The van der Waals surface area contributed by atoms with Gasteiger partial charge in [0.05, 0.1) is 18.4 Å². The van der Waals surface area contributed by atoms with Crippen LogP contribution in [0.15, 0.2) is 41.5 Å². The summed E-state index contributed by atoms with van der Waals surface area (Å²) in [5, 5.41) is 23.4. The van der Waals surface area contributed by atoms with Gasteiger partial charge >= 0.3 is 0 Å². The highest BCUT2D eigenvalue weighted by atomic mass is 35.5. The molecular formula is C16H15ClN2O4. The zero-order valence-electron chi connectivity index (χ0n) is 12.3. The molecule has 1 amide bonds. The van der Waals surface area contributed by atoms with Gasteiger partial charge in [0.2, 0.25) is 0 Å². The number of carbonyl (C=O) groups is 1. The normalized spacial score (nSPS) is 10.7. The zero-order chi connectivity index (χ0) is 16.8. The van der Waals surface area contributed by atoms with E-state index in [0.29, 0.717) is 22.9 Å². The average Bonchev–Trinajstić information content (AvgIpc) is 2.53. The molecule has 0 radical (unpaired) electrons. The van der Waals surface area contributed by atoms with Crippen LogP contribution in [0.5, 0.6) is 17.2 Å². The molecule has 0 unspecified atom stereocenters. The number of rotatable bonds is 5. The molecule has 2 rings (SSSR count). The van der Waals surface area contributed by atoms with Crippen LogP contribution in [-0.4, -0.2) is 28.9 Å². The molecule has 0 bridgehead atoms. The Kier molecular flexibility index (Phi) is 5.43. The first-order valence-corrected chi connectivity index (χ1v) is 7.16. The summed E-state index contributed by atoms with van der Waals surface area (Å²) in [6.45, 7) is 2.22. The highest BCUT2D eigenvalue weighted by Gasteiger charge is 2.10. The first-order valence-electron chi connectivity index (χ1n) is 6.79. The van der Waals surface area contributed by atoms with E-state index in [9.17, 15) is 15.0 Å². The molecule has 2 aromatic carbocycles. The number of phenolic OH excluding ortho intramolecular Hbond substituents is 2. The van der Waals surface area contributed by atoms with Gasteiger partial charge in [-0.2, -0.15) is 5.10 Å². The van der Waals surface area contributed by atoms with Gasteiger partial charge in [0.15, 0.2) is 11.5 Å². The minimum absolute atomic E-state index is 0.0235. The topological polar surface area (TPSA) is 91.2 Å². The molecule has 23 heavy (non-hydrogen) atoms. The standard InChI is InChI=1S/C16H15ClN2O4/c1-2-23-15-7-10(3-5-14(15)21)9-18-19-16(22)12-8-11(17)4-6-13(12)20/h3-9,20-21H,2H2,1H3,(H,19,22). The monoisotopic (exact) mass is 334 g/mol. The summed E-state index contributed by atoms with van der Waals surface area (Å²) in [6, 6.07) is 8.82. The molecule has 2 aromatic rings. The number of ether oxygens (including phenoxy) is 1. The van der Waals surface area contributed by atoms with Gasteiger partial charge in [0.25, 0.3) is 5.91 Å². The third kappa shape index (κ3) is 4.37. The van der Waals surface area contributed by atoms with Crippen LogP contribution in [0, 0.1) is 0 Å². The fourth-order valence-corrected chi connectivity index (χ4v) is 1.97. The smallest absolute Gasteiger partial charge is 0.275 e. The SMILES string of the molecule is CCOc1cc(C=NNC(=O)c2cc(Cl)ccc2O)ccc1O. The van der Waals surface area contributed by atoms with Crippen LogP contribution in [0.4, 0.5) is 0 Å². The fourth-order valence-electron chi connectivity index (χ4n) is 1.80. The number of halogens is 1. The van der Waals surface area contributed by atoms with Gasteiger partial charge in [-0.05, 0) is 48.9 Å². The number of carbonyl (C=O) groups excluding carboxylic acids is 1. The second kappa shape index (κ2) is 7.51. The van der Waals surface area contributed by atoms with Gasteiger partial charge < -0.3 is 14.9 Å². The van der Waals surface area contributed by atoms with Gasteiger partial charge in [0, 0.05) is 5.02 Å². The number of amides is 1. The van der Waals surface area contributed by atoms with Crippen LogP contribution in [-0.2, 0) is 0 Å². The van der Waals surface area contributed by atoms with Crippen molar-refractivity contribution in [3.63, 3.8) is 0 Å². The molecule has 6 nitrogen and oxygen atoms in total. The molecule has 0 heterocycles. The predicted molar refractivity (Wildman–Crippen MR) is 87.5 cm³/mol. The van der Waals surface area contributed by atoms with Gasteiger partial charge in [0.1, 0.15) is 5.75 Å². The Morgan fingerprint density at radius 3 is 2.74 bits per heavy atom. The molecule has 0 aromatic heterocycles. The third-order valence-corrected chi connectivity index (χ3v) is 3.10. The average molecular weight is 335 g/mol. The molecule has 0 fully saturated rings. The largest absolute Gasteiger partial charge is 0.507 e. The summed E-state index contributed by atoms with van der Waals surface area (Å²) in [5.41, 5.74) is 2.94. The molecule has 3 N–H and O–H groups in total. The number of hydrogen-bond donors (Lipinski definition) is 3. The van der Waals surface area contributed by atoms with Crippen LogP contribution < -0.4 is 10.2 Å².